The highest BCUT2D eigenvalue weighted by Crippen LogP contribution is 2.13. The summed E-state index contributed by atoms with van der Waals surface area (Å²) < 4.78 is 39.3. The predicted molar refractivity (Wildman–Crippen MR) is 62.8 cm³/mol. The SMILES string of the molecule is O=C1CCC(NS(=O)(=O)c2cccc(F)c2)CN1. The maximum atomic E-state index is 13.0. The van der Waals surface area contributed by atoms with Gasteiger partial charge < -0.3 is 5.32 Å². The van der Waals surface area contributed by atoms with Gasteiger partial charge in [0.25, 0.3) is 0 Å². The van der Waals surface area contributed by atoms with E-state index < -0.39 is 15.8 Å². The number of rotatable bonds is 3. The predicted octanol–water partition coefficient (Wildman–Crippen LogP) is 0.383. The molecule has 1 saturated heterocycles. The van der Waals surface area contributed by atoms with Crippen molar-refractivity contribution in [1.82, 2.24) is 10.0 Å². The van der Waals surface area contributed by atoms with Crippen molar-refractivity contribution in [3.05, 3.63) is 30.1 Å². The van der Waals surface area contributed by atoms with Crippen molar-refractivity contribution in [3.8, 4) is 0 Å². The van der Waals surface area contributed by atoms with Gasteiger partial charge in [-0.2, -0.15) is 0 Å². The minimum absolute atomic E-state index is 0.0868. The minimum Gasteiger partial charge on any atom is -0.355 e. The van der Waals surface area contributed by atoms with E-state index in [2.05, 4.69) is 10.0 Å². The molecule has 1 atom stereocenters. The number of carbonyl (C=O) groups is 1. The Balaban J connectivity index is 2.10. The Morgan fingerprint density at radius 1 is 1.39 bits per heavy atom. The van der Waals surface area contributed by atoms with Crippen molar-refractivity contribution >= 4 is 15.9 Å². The van der Waals surface area contributed by atoms with Crippen LogP contribution in [0, 0.1) is 5.82 Å². The molecule has 1 unspecified atom stereocenters. The van der Waals surface area contributed by atoms with Crippen molar-refractivity contribution in [2.45, 2.75) is 23.8 Å². The highest BCUT2D eigenvalue weighted by atomic mass is 32.2. The van der Waals surface area contributed by atoms with Crippen LogP contribution in [0.3, 0.4) is 0 Å². The van der Waals surface area contributed by atoms with E-state index >= 15 is 0 Å². The molecule has 0 aliphatic carbocycles. The molecule has 0 aromatic heterocycles. The fourth-order valence-electron chi connectivity index (χ4n) is 1.76. The lowest BCUT2D eigenvalue weighted by atomic mass is 10.1. The Labute approximate surface area is 104 Å². The van der Waals surface area contributed by atoms with Crippen LogP contribution in [-0.4, -0.2) is 26.9 Å². The molecule has 98 valence electrons. The monoisotopic (exact) mass is 272 g/mol. The Morgan fingerprint density at radius 3 is 2.78 bits per heavy atom. The first kappa shape index (κ1) is 13.0. The smallest absolute Gasteiger partial charge is 0.240 e. The van der Waals surface area contributed by atoms with Gasteiger partial charge in [0.15, 0.2) is 0 Å². The van der Waals surface area contributed by atoms with Gasteiger partial charge in [-0.05, 0) is 24.6 Å². The van der Waals surface area contributed by atoms with Crippen LogP contribution < -0.4 is 10.0 Å². The molecule has 1 amide bonds. The number of hydrogen-bond acceptors (Lipinski definition) is 3. The van der Waals surface area contributed by atoms with Crippen molar-refractivity contribution in [2.24, 2.45) is 0 Å². The topological polar surface area (TPSA) is 75.3 Å². The summed E-state index contributed by atoms with van der Waals surface area (Å²) in [6, 6.07) is 4.46. The first-order valence-corrected chi connectivity index (χ1v) is 7.00. The fourth-order valence-corrected chi connectivity index (χ4v) is 3.06. The normalized spacial score (nSPS) is 20.5. The van der Waals surface area contributed by atoms with Gasteiger partial charge in [-0.3, -0.25) is 4.79 Å². The Morgan fingerprint density at radius 2 is 2.17 bits per heavy atom. The van der Waals surface area contributed by atoms with Crippen molar-refractivity contribution in [3.63, 3.8) is 0 Å². The van der Waals surface area contributed by atoms with Crippen LogP contribution in [0.5, 0.6) is 0 Å². The molecule has 0 radical (unpaired) electrons. The molecule has 2 rings (SSSR count). The van der Waals surface area contributed by atoms with Crippen LogP contribution in [0.4, 0.5) is 4.39 Å². The molecule has 1 aromatic rings. The Bertz CT molecular complexity index is 549. The van der Waals surface area contributed by atoms with Gasteiger partial charge >= 0.3 is 0 Å². The summed E-state index contributed by atoms with van der Waals surface area (Å²) in [7, 11) is -3.74. The summed E-state index contributed by atoms with van der Waals surface area (Å²) >= 11 is 0. The molecular formula is C11H13FN2O3S. The zero-order valence-corrected chi connectivity index (χ0v) is 10.3. The van der Waals surface area contributed by atoms with Crippen LogP contribution in [0.1, 0.15) is 12.8 Å². The highest BCUT2D eigenvalue weighted by Gasteiger charge is 2.24. The van der Waals surface area contributed by atoms with E-state index in [1.54, 1.807) is 0 Å². The molecule has 7 heteroatoms. The summed E-state index contributed by atoms with van der Waals surface area (Å²) in [5, 5.41) is 2.58. The lowest BCUT2D eigenvalue weighted by Crippen LogP contribution is -2.47. The second-order valence-electron chi connectivity index (χ2n) is 4.12. The number of halogens is 1. The highest BCUT2D eigenvalue weighted by molar-refractivity contribution is 7.89. The first-order chi connectivity index (χ1) is 8.47. The molecule has 18 heavy (non-hydrogen) atoms. The van der Waals surface area contributed by atoms with E-state index in [1.165, 1.54) is 18.2 Å². The van der Waals surface area contributed by atoms with Gasteiger partial charge in [0.1, 0.15) is 5.82 Å². The maximum absolute atomic E-state index is 13.0. The zero-order chi connectivity index (χ0) is 13.2. The number of amides is 1. The summed E-state index contributed by atoms with van der Waals surface area (Å²) in [4.78, 5) is 10.8. The number of piperidine rings is 1. The van der Waals surface area contributed by atoms with E-state index in [1.807, 2.05) is 0 Å². The molecule has 0 saturated carbocycles. The average Bonchev–Trinajstić information content (AvgIpc) is 2.32. The van der Waals surface area contributed by atoms with Crippen LogP contribution in [0.15, 0.2) is 29.2 Å². The largest absolute Gasteiger partial charge is 0.355 e. The van der Waals surface area contributed by atoms with Crippen molar-refractivity contribution in [1.29, 1.82) is 0 Å². The van der Waals surface area contributed by atoms with Crippen LogP contribution in [0.2, 0.25) is 0 Å². The standard InChI is InChI=1S/C11H13FN2O3S/c12-8-2-1-3-10(6-8)18(16,17)14-9-4-5-11(15)13-7-9/h1-3,6,9,14H,4-5,7H2,(H,13,15). The number of nitrogens with one attached hydrogen (secondary N) is 2. The van der Waals surface area contributed by atoms with Crippen LogP contribution in [0.25, 0.3) is 0 Å². The number of hydrogen-bond donors (Lipinski definition) is 2. The zero-order valence-electron chi connectivity index (χ0n) is 9.52. The fraction of sp³-hybridized carbons (Fsp3) is 0.364. The summed E-state index contributed by atoms with van der Waals surface area (Å²) in [5.74, 6) is -0.689. The van der Waals surface area contributed by atoms with Crippen molar-refractivity contribution in [2.75, 3.05) is 6.54 Å². The molecule has 5 nitrogen and oxygen atoms in total. The van der Waals surface area contributed by atoms with E-state index in [4.69, 9.17) is 0 Å². The molecular weight excluding hydrogens is 259 g/mol. The first-order valence-electron chi connectivity index (χ1n) is 5.52. The average molecular weight is 272 g/mol. The van der Waals surface area contributed by atoms with Gasteiger partial charge in [0.2, 0.25) is 15.9 Å². The maximum Gasteiger partial charge on any atom is 0.240 e. The van der Waals surface area contributed by atoms with Crippen LogP contribution in [-0.2, 0) is 14.8 Å². The molecule has 2 N–H and O–H groups in total. The molecule has 1 aromatic carbocycles. The summed E-state index contributed by atoms with van der Waals surface area (Å²) in [6.07, 6.45) is 0.733. The molecule has 1 aliphatic rings. The number of benzene rings is 1. The van der Waals surface area contributed by atoms with Gasteiger partial charge in [0, 0.05) is 19.0 Å². The molecule has 0 spiro atoms. The van der Waals surface area contributed by atoms with E-state index in [0.717, 1.165) is 6.07 Å². The summed E-state index contributed by atoms with van der Waals surface area (Å²) in [6.45, 7) is 0.257. The summed E-state index contributed by atoms with van der Waals surface area (Å²) in [5.41, 5.74) is 0. The second-order valence-corrected chi connectivity index (χ2v) is 5.83. The quantitative estimate of drug-likeness (QED) is 0.835. The third kappa shape index (κ3) is 3.05. The minimum atomic E-state index is -3.74. The van der Waals surface area contributed by atoms with Gasteiger partial charge in [-0.15, -0.1) is 0 Å². The van der Waals surface area contributed by atoms with Crippen molar-refractivity contribution < 1.29 is 17.6 Å². The van der Waals surface area contributed by atoms with Gasteiger partial charge in [-0.25, -0.2) is 17.5 Å². The van der Waals surface area contributed by atoms with E-state index in [-0.39, 0.29) is 29.8 Å². The molecule has 1 fully saturated rings. The lowest BCUT2D eigenvalue weighted by molar-refractivity contribution is -0.122. The van der Waals surface area contributed by atoms with Gasteiger partial charge in [0.05, 0.1) is 4.90 Å². The van der Waals surface area contributed by atoms with Gasteiger partial charge in [-0.1, -0.05) is 6.07 Å². The molecule has 1 heterocycles. The Kier molecular flexibility index (Phi) is 3.63. The number of carbonyl (C=O) groups excluding carboxylic acids is 1. The molecule has 0 bridgehead atoms. The van der Waals surface area contributed by atoms with E-state index in [0.29, 0.717) is 6.42 Å². The Hall–Kier alpha value is -1.47. The van der Waals surface area contributed by atoms with E-state index in [9.17, 15) is 17.6 Å². The number of sulfonamides is 1. The third-order valence-electron chi connectivity index (χ3n) is 2.69. The molecule has 1 aliphatic heterocycles. The van der Waals surface area contributed by atoms with Crippen LogP contribution >= 0.6 is 0 Å². The second kappa shape index (κ2) is 5.03. The third-order valence-corrected chi connectivity index (χ3v) is 4.21. The lowest BCUT2D eigenvalue weighted by Gasteiger charge is -2.23.